The van der Waals surface area contributed by atoms with Crippen LogP contribution in [0.15, 0.2) is 47.4 Å². The van der Waals surface area contributed by atoms with Gasteiger partial charge in [0.15, 0.2) is 0 Å². The van der Waals surface area contributed by atoms with Crippen LogP contribution in [-0.4, -0.2) is 66.0 Å². The molecule has 1 fully saturated rings. The van der Waals surface area contributed by atoms with E-state index in [2.05, 4.69) is 15.5 Å². The quantitative estimate of drug-likeness (QED) is 0.628. The largest absolute Gasteiger partial charge is 0.339 e. The van der Waals surface area contributed by atoms with Crippen LogP contribution in [0.25, 0.3) is 0 Å². The van der Waals surface area contributed by atoms with Gasteiger partial charge in [0.05, 0.1) is 12.3 Å². The topological polar surface area (TPSA) is 81.8 Å². The summed E-state index contributed by atoms with van der Waals surface area (Å²) in [5.41, 5.74) is 3.73. The zero-order chi connectivity index (χ0) is 23.1. The Morgan fingerprint density at radius 3 is 2.12 bits per heavy atom. The van der Waals surface area contributed by atoms with Crippen molar-refractivity contribution in [1.82, 2.24) is 9.80 Å². The standard InChI is InChI=1S/C24H30N4O3S/c1-17-5-4-6-18(2)24(17)26-22(30)15-27-11-13-28(14-12-27)23(31)16-32-21-9-7-20(8-10-21)25-19(3)29/h4-10H,11-16H2,1-3H3,(H,25,29)(H,26,30). The molecule has 2 aromatic carbocycles. The summed E-state index contributed by atoms with van der Waals surface area (Å²) in [6, 6.07) is 13.4. The van der Waals surface area contributed by atoms with E-state index in [9.17, 15) is 14.4 Å². The molecule has 0 spiro atoms. The van der Waals surface area contributed by atoms with Crippen LogP contribution in [-0.2, 0) is 14.4 Å². The van der Waals surface area contributed by atoms with Gasteiger partial charge in [0.1, 0.15) is 0 Å². The minimum Gasteiger partial charge on any atom is -0.339 e. The molecular weight excluding hydrogens is 424 g/mol. The van der Waals surface area contributed by atoms with Crippen molar-refractivity contribution in [2.24, 2.45) is 0 Å². The summed E-state index contributed by atoms with van der Waals surface area (Å²) in [4.78, 5) is 41.1. The van der Waals surface area contributed by atoms with Gasteiger partial charge in [-0.25, -0.2) is 0 Å². The average Bonchev–Trinajstić information content (AvgIpc) is 2.76. The summed E-state index contributed by atoms with van der Waals surface area (Å²) in [5, 5.41) is 5.75. The maximum atomic E-state index is 12.6. The van der Waals surface area contributed by atoms with Crippen LogP contribution >= 0.6 is 11.8 Å². The van der Waals surface area contributed by atoms with E-state index in [1.165, 1.54) is 18.7 Å². The molecule has 0 bridgehead atoms. The Morgan fingerprint density at radius 2 is 1.53 bits per heavy atom. The number of anilines is 2. The third-order valence-electron chi connectivity index (χ3n) is 5.37. The van der Waals surface area contributed by atoms with E-state index in [4.69, 9.17) is 0 Å². The first-order valence-corrected chi connectivity index (χ1v) is 11.7. The van der Waals surface area contributed by atoms with E-state index in [1.54, 1.807) is 0 Å². The Labute approximate surface area is 193 Å². The van der Waals surface area contributed by atoms with Crippen LogP contribution in [0.3, 0.4) is 0 Å². The van der Waals surface area contributed by atoms with Gasteiger partial charge in [-0.3, -0.25) is 19.3 Å². The highest BCUT2D eigenvalue weighted by Gasteiger charge is 2.22. The van der Waals surface area contributed by atoms with E-state index < -0.39 is 0 Å². The number of thioether (sulfide) groups is 1. The van der Waals surface area contributed by atoms with Crippen molar-refractivity contribution < 1.29 is 14.4 Å². The van der Waals surface area contributed by atoms with Crippen molar-refractivity contribution in [3.05, 3.63) is 53.6 Å². The third-order valence-corrected chi connectivity index (χ3v) is 6.37. The molecule has 3 amide bonds. The molecule has 3 rings (SSSR count). The third kappa shape index (κ3) is 6.83. The molecule has 0 unspecified atom stereocenters. The summed E-state index contributed by atoms with van der Waals surface area (Å²) in [6.45, 7) is 8.38. The number of nitrogens with one attached hydrogen (secondary N) is 2. The van der Waals surface area contributed by atoms with Crippen LogP contribution in [0, 0.1) is 13.8 Å². The lowest BCUT2D eigenvalue weighted by Gasteiger charge is -2.34. The van der Waals surface area contributed by atoms with Crippen molar-refractivity contribution in [3.8, 4) is 0 Å². The highest BCUT2D eigenvalue weighted by molar-refractivity contribution is 8.00. The van der Waals surface area contributed by atoms with Gasteiger partial charge < -0.3 is 15.5 Å². The highest BCUT2D eigenvalue weighted by atomic mass is 32.2. The van der Waals surface area contributed by atoms with Crippen molar-refractivity contribution in [2.75, 3.05) is 49.1 Å². The monoisotopic (exact) mass is 454 g/mol. The van der Waals surface area contributed by atoms with Crippen molar-refractivity contribution >= 4 is 40.9 Å². The van der Waals surface area contributed by atoms with Gasteiger partial charge in [-0.05, 0) is 49.2 Å². The molecule has 1 aliphatic heterocycles. The molecule has 0 aromatic heterocycles. The fourth-order valence-corrected chi connectivity index (χ4v) is 4.42. The SMILES string of the molecule is CC(=O)Nc1ccc(SCC(=O)N2CCN(CC(=O)Nc3c(C)cccc3C)CC2)cc1. The molecule has 2 N–H and O–H groups in total. The molecule has 32 heavy (non-hydrogen) atoms. The molecule has 1 aliphatic rings. The Balaban J connectivity index is 1.40. The number of hydrogen-bond donors (Lipinski definition) is 2. The van der Waals surface area contributed by atoms with E-state index in [0.29, 0.717) is 38.5 Å². The minimum absolute atomic E-state index is 0.0274. The van der Waals surface area contributed by atoms with Crippen LogP contribution < -0.4 is 10.6 Å². The Kier molecular flexibility index (Phi) is 8.30. The van der Waals surface area contributed by atoms with E-state index in [-0.39, 0.29) is 17.7 Å². The number of benzene rings is 2. The lowest BCUT2D eigenvalue weighted by molar-refractivity contribution is -0.130. The lowest BCUT2D eigenvalue weighted by Crippen LogP contribution is -2.50. The van der Waals surface area contributed by atoms with Crippen molar-refractivity contribution in [3.63, 3.8) is 0 Å². The second kappa shape index (κ2) is 11.2. The normalized spacial score (nSPS) is 14.2. The van der Waals surface area contributed by atoms with Gasteiger partial charge in [0.25, 0.3) is 0 Å². The average molecular weight is 455 g/mol. The zero-order valence-electron chi connectivity index (χ0n) is 18.8. The predicted molar refractivity (Wildman–Crippen MR) is 129 cm³/mol. The van der Waals surface area contributed by atoms with Crippen molar-refractivity contribution in [2.45, 2.75) is 25.7 Å². The summed E-state index contributed by atoms with van der Waals surface area (Å²) in [6.07, 6.45) is 0. The van der Waals surface area contributed by atoms with Gasteiger partial charge in [0, 0.05) is 49.4 Å². The summed E-state index contributed by atoms with van der Waals surface area (Å²) < 4.78 is 0. The number of aryl methyl sites for hydroxylation is 2. The molecule has 1 saturated heterocycles. The maximum Gasteiger partial charge on any atom is 0.238 e. The molecule has 0 aliphatic carbocycles. The van der Waals surface area contributed by atoms with Gasteiger partial charge in [0.2, 0.25) is 17.7 Å². The second-order valence-corrected chi connectivity index (χ2v) is 9.01. The number of carbonyl (C=O) groups excluding carboxylic acids is 3. The van der Waals surface area contributed by atoms with Crippen LogP contribution in [0.5, 0.6) is 0 Å². The first kappa shape index (κ1) is 23.8. The Bertz CT molecular complexity index is 949. The van der Waals surface area contributed by atoms with Crippen molar-refractivity contribution in [1.29, 1.82) is 0 Å². The molecule has 8 heteroatoms. The molecular formula is C24H30N4O3S. The molecule has 0 atom stereocenters. The number of nitrogens with zero attached hydrogens (tertiary/aromatic N) is 2. The summed E-state index contributed by atoms with van der Waals surface area (Å²) in [7, 11) is 0. The Hall–Kier alpha value is -2.84. The molecule has 1 heterocycles. The van der Waals surface area contributed by atoms with Crippen LogP contribution in [0.2, 0.25) is 0 Å². The fourth-order valence-electron chi connectivity index (χ4n) is 3.62. The van der Waals surface area contributed by atoms with E-state index in [1.807, 2.05) is 61.2 Å². The summed E-state index contributed by atoms with van der Waals surface area (Å²) in [5.74, 6) is 0.329. The van der Waals surface area contributed by atoms with E-state index >= 15 is 0 Å². The van der Waals surface area contributed by atoms with Crippen LogP contribution in [0.4, 0.5) is 11.4 Å². The first-order chi connectivity index (χ1) is 15.3. The number of hydrogen-bond acceptors (Lipinski definition) is 5. The molecule has 2 aromatic rings. The number of rotatable bonds is 7. The smallest absolute Gasteiger partial charge is 0.238 e. The predicted octanol–water partition coefficient (Wildman–Crippen LogP) is 3.14. The zero-order valence-corrected chi connectivity index (χ0v) is 19.6. The minimum atomic E-state index is -0.109. The lowest BCUT2D eigenvalue weighted by atomic mass is 10.1. The fraction of sp³-hybridized carbons (Fsp3) is 0.375. The van der Waals surface area contributed by atoms with Gasteiger partial charge in [-0.15, -0.1) is 11.8 Å². The second-order valence-electron chi connectivity index (χ2n) is 7.97. The van der Waals surface area contributed by atoms with Crippen LogP contribution in [0.1, 0.15) is 18.1 Å². The number of para-hydroxylation sites is 1. The molecule has 170 valence electrons. The van der Waals surface area contributed by atoms with Gasteiger partial charge in [-0.2, -0.15) is 0 Å². The Morgan fingerprint density at radius 1 is 0.906 bits per heavy atom. The molecule has 0 radical (unpaired) electrons. The van der Waals surface area contributed by atoms with Gasteiger partial charge in [-0.1, -0.05) is 18.2 Å². The first-order valence-electron chi connectivity index (χ1n) is 10.7. The number of carbonyl (C=O) groups is 3. The maximum absolute atomic E-state index is 12.6. The summed E-state index contributed by atoms with van der Waals surface area (Å²) >= 11 is 1.48. The number of piperazine rings is 1. The van der Waals surface area contributed by atoms with Gasteiger partial charge >= 0.3 is 0 Å². The van der Waals surface area contributed by atoms with E-state index in [0.717, 1.165) is 27.4 Å². The molecule has 0 saturated carbocycles. The highest BCUT2D eigenvalue weighted by Crippen LogP contribution is 2.21. The number of amides is 3. The molecule has 7 nitrogen and oxygen atoms in total.